The van der Waals surface area contributed by atoms with Crippen molar-refractivity contribution in [3.05, 3.63) is 41.3 Å². The topological polar surface area (TPSA) is 9.23 Å². The summed E-state index contributed by atoms with van der Waals surface area (Å²) >= 11 is 1.91. The zero-order valence-corrected chi connectivity index (χ0v) is 12.6. The number of allylic oxidation sites excluding steroid dienone is 2. The maximum Gasteiger partial charge on any atom is 0.0578 e. The van der Waals surface area contributed by atoms with E-state index in [2.05, 4.69) is 43.3 Å². The van der Waals surface area contributed by atoms with Crippen LogP contribution in [0.25, 0.3) is 0 Å². The summed E-state index contributed by atoms with van der Waals surface area (Å²) in [6.45, 7) is 3.17. The molecule has 1 unspecified atom stereocenters. The molecule has 1 aliphatic heterocycles. The van der Waals surface area contributed by atoms with Gasteiger partial charge in [-0.3, -0.25) is 0 Å². The summed E-state index contributed by atoms with van der Waals surface area (Å²) in [6, 6.07) is 10.7. The van der Waals surface area contributed by atoms with E-state index in [0.29, 0.717) is 6.10 Å². The SMILES string of the molecule is CC/C=C(\CCC1CCCCO1)Sc1ccccc1. The molecule has 1 aliphatic rings. The van der Waals surface area contributed by atoms with Crippen molar-refractivity contribution >= 4 is 11.8 Å². The molecule has 1 heterocycles. The van der Waals surface area contributed by atoms with E-state index in [1.165, 1.54) is 35.5 Å². The predicted octanol–water partition coefficient (Wildman–Crippen LogP) is 5.42. The molecule has 1 nitrogen and oxygen atoms in total. The molecule has 0 N–H and O–H groups in total. The highest BCUT2D eigenvalue weighted by atomic mass is 32.2. The van der Waals surface area contributed by atoms with E-state index in [-0.39, 0.29) is 0 Å². The van der Waals surface area contributed by atoms with Crippen molar-refractivity contribution in [2.75, 3.05) is 6.61 Å². The summed E-state index contributed by atoms with van der Waals surface area (Å²) in [4.78, 5) is 2.83. The van der Waals surface area contributed by atoms with E-state index in [1.54, 1.807) is 0 Å². The van der Waals surface area contributed by atoms with Crippen molar-refractivity contribution in [1.82, 2.24) is 0 Å². The number of hydrogen-bond donors (Lipinski definition) is 0. The molecule has 2 heteroatoms. The molecule has 0 radical (unpaired) electrons. The monoisotopic (exact) mass is 276 g/mol. The molecule has 1 aromatic carbocycles. The molecule has 1 aromatic rings. The van der Waals surface area contributed by atoms with Crippen molar-refractivity contribution < 1.29 is 4.74 Å². The molecular weight excluding hydrogens is 252 g/mol. The van der Waals surface area contributed by atoms with Crippen LogP contribution >= 0.6 is 11.8 Å². The second-order valence-corrected chi connectivity index (χ2v) is 6.22. The summed E-state index contributed by atoms with van der Waals surface area (Å²) < 4.78 is 5.82. The van der Waals surface area contributed by atoms with Crippen molar-refractivity contribution in [1.29, 1.82) is 0 Å². The average molecular weight is 276 g/mol. The van der Waals surface area contributed by atoms with E-state index < -0.39 is 0 Å². The molecule has 1 atom stereocenters. The Bertz CT molecular complexity index is 380. The quantitative estimate of drug-likeness (QED) is 0.641. The molecule has 0 aliphatic carbocycles. The van der Waals surface area contributed by atoms with Gasteiger partial charge in [0.2, 0.25) is 0 Å². The first kappa shape index (κ1) is 14.7. The van der Waals surface area contributed by atoms with Crippen LogP contribution in [0.5, 0.6) is 0 Å². The Morgan fingerprint density at radius 3 is 2.84 bits per heavy atom. The summed E-state index contributed by atoms with van der Waals surface area (Å²) in [5, 5.41) is 0. The Hall–Kier alpha value is -0.730. The second-order valence-electron chi connectivity index (χ2n) is 5.02. The minimum absolute atomic E-state index is 0.491. The van der Waals surface area contributed by atoms with E-state index in [0.717, 1.165) is 19.4 Å². The van der Waals surface area contributed by atoms with E-state index in [9.17, 15) is 0 Å². The first-order valence-electron chi connectivity index (χ1n) is 7.42. The lowest BCUT2D eigenvalue weighted by Crippen LogP contribution is -2.18. The van der Waals surface area contributed by atoms with E-state index in [4.69, 9.17) is 4.74 Å². The Morgan fingerprint density at radius 2 is 2.16 bits per heavy atom. The van der Waals surface area contributed by atoms with E-state index in [1.807, 2.05) is 11.8 Å². The highest BCUT2D eigenvalue weighted by Crippen LogP contribution is 2.31. The third-order valence-electron chi connectivity index (χ3n) is 3.41. The largest absolute Gasteiger partial charge is 0.378 e. The van der Waals surface area contributed by atoms with Crippen LogP contribution in [0, 0.1) is 0 Å². The van der Waals surface area contributed by atoms with Crippen LogP contribution in [-0.2, 0) is 4.74 Å². The molecule has 1 saturated heterocycles. The number of ether oxygens (including phenoxy) is 1. The first-order valence-corrected chi connectivity index (χ1v) is 8.23. The van der Waals surface area contributed by atoms with Gasteiger partial charge in [0, 0.05) is 11.5 Å². The Morgan fingerprint density at radius 1 is 1.32 bits per heavy atom. The fourth-order valence-corrected chi connectivity index (χ4v) is 3.47. The van der Waals surface area contributed by atoms with Crippen molar-refractivity contribution in [2.45, 2.75) is 56.4 Å². The van der Waals surface area contributed by atoms with Gasteiger partial charge in [0.1, 0.15) is 0 Å². The van der Waals surface area contributed by atoms with Gasteiger partial charge in [-0.25, -0.2) is 0 Å². The zero-order valence-electron chi connectivity index (χ0n) is 11.8. The lowest BCUT2D eigenvalue weighted by atomic mass is 10.0. The number of thioether (sulfide) groups is 1. The predicted molar refractivity (Wildman–Crippen MR) is 83.5 cm³/mol. The van der Waals surface area contributed by atoms with E-state index >= 15 is 0 Å². The summed E-state index contributed by atoms with van der Waals surface area (Å²) in [5.41, 5.74) is 0. The van der Waals surface area contributed by atoms with Crippen LogP contribution in [0.4, 0.5) is 0 Å². The molecule has 0 bridgehead atoms. The Kier molecular flexibility index (Phi) is 6.52. The summed E-state index contributed by atoms with van der Waals surface area (Å²) in [7, 11) is 0. The average Bonchev–Trinajstić information content (AvgIpc) is 2.47. The number of rotatable bonds is 6. The first-order chi connectivity index (χ1) is 9.38. The lowest BCUT2D eigenvalue weighted by molar-refractivity contribution is 0.0118. The zero-order chi connectivity index (χ0) is 13.3. The highest BCUT2D eigenvalue weighted by Gasteiger charge is 2.14. The van der Waals surface area contributed by atoms with Crippen LogP contribution in [-0.4, -0.2) is 12.7 Å². The standard InChI is InChI=1S/C17H24OS/c1-2-8-16(19-17-10-4-3-5-11-17)13-12-15-9-6-7-14-18-15/h3-5,8,10-11,15H,2,6-7,9,12-14H2,1H3/b16-8+. The molecule has 0 saturated carbocycles. The molecular formula is C17H24OS. The summed E-state index contributed by atoms with van der Waals surface area (Å²) in [5.74, 6) is 0. The third kappa shape index (κ3) is 5.42. The van der Waals surface area contributed by atoms with Crippen LogP contribution in [0.15, 0.2) is 46.2 Å². The molecule has 2 rings (SSSR count). The Labute approximate surface area is 121 Å². The minimum Gasteiger partial charge on any atom is -0.378 e. The van der Waals surface area contributed by atoms with Crippen molar-refractivity contribution in [3.8, 4) is 0 Å². The van der Waals surface area contributed by atoms with Crippen molar-refractivity contribution in [3.63, 3.8) is 0 Å². The normalized spacial score (nSPS) is 20.5. The fraction of sp³-hybridized carbons (Fsp3) is 0.529. The summed E-state index contributed by atoms with van der Waals surface area (Å²) in [6.07, 6.45) is 10.1. The minimum atomic E-state index is 0.491. The molecule has 0 amide bonds. The van der Waals surface area contributed by atoms with Crippen LogP contribution < -0.4 is 0 Å². The maximum atomic E-state index is 5.82. The van der Waals surface area contributed by atoms with Crippen LogP contribution in [0.2, 0.25) is 0 Å². The van der Waals surface area contributed by atoms with Gasteiger partial charge in [-0.15, -0.1) is 0 Å². The maximum absolute atomic E-state index is 5.82. The van der Waals surface area contributed by atoms with Gasteiger partial charge in [-0.1, -0.05) is 43.0 Å². The highest BCUT2D eigenvalue weighted by molar-refractivity contribution is 8.03. The lowest BCUT2D eigenvalue weighted by Gasteiger charge is -2.22. The van der Waals surface area contributed by atoms with Gasteiger partial charge in [0.05, 0.1) is 6.10 Å². The molecule has 104 valence electrons. The van der Waals surface area contributed by atoms with Gasteiger partial charge in [0.25, 0.3) is 0 Å². The van der Waals surface area contributed by atoms with Crippen LogP contribution in [0.1, 0.15) is 45.4 Å². The number of hydrogen-bond acceptors (Lipinski definition) is 2. The number of benzene rings is 1. The van der Waals surface area contributed by atoms with Gasteiger partial charge >= 0.3 is 0 Å². The molecule has 19 heavy (non-hydrogen) atoms. The van der Waals surface area contributed by atoms with Crippen molar-refractivity contribution in [2.24, 2.45) is 0 Å². The third-order valence-corrected chi connectivity index (χ3v) is 4.55. The Balaban J connectivity index is 1.84. The second kappa shape index (κ2) is 8.44. The van der Waals surface area contributed by atoms with Gasteiger partial charge in [0.15, 0.2) is 0 Å². The van der Waals surface area contributed by atoms with Gasteiger partial charge in [-0.05, 0) is 55.6 Å². The van der Waals surface area contributed by atoms with Crippen LogP contribution in [0.3, 0.4) is 0 Å². The van der Waals surface area contributed by atoms with Gasteiger partial charge in [-0.2, -0.15) is 0 Å². The molecule has 1 fully saturated rings. The molecule has 0 aromatic heterocycles. The van der Waals surface area contributed by atoms with Gasteiger partial charge < -0.3 is 4.74 Å². The molecule has 0 spiro atoms. The fourth-order valence-electron chi connectivity index (χ4n) is 2.40. The smallest absolute Gasteiger partial charge is 0.0578 e.